The molecule has 1 aliphatic rings. The highest BCUT2D eigenvalue weighted by atomic mass is 16.2. The van der Waals surface area contributed by atoms with E-state index in [0.29, 0.717) is 23.7 Å². The maximum absolute atomic E-state index is 12.6. The first-order chi connectivity index (χ1) is 10.1. The number of likely N-dealkylation sites (N-methyl/N-ethyl adjacent to an activating group) is 1. The quantitative estimate of drug-likeness (QED) is 0.827. The number of hydrogen-bond donors (Lipinski definition) is 1. The van der Waals surface area contributed by atoms with Gasteiger partial charge in [-0.05, 0) is 32.6 Å². The van der Waals surface area contributed by atoms with Gasteiger partial charge in [0.15, 0.2) is 0 Å². The number of pyridine rings is 1. The minimum Gasteiger partial charge on any atom is -0.395 e. The van der Waals surface area contributed by atoms with Gasteiger partial charge in [-0.25, -0.2) is 4.98 Å². The lowest BCUT2D eigenvalue weighted by atomic mass is 10.1. The minimum atomic E-state index is -0.0618. The molecule has 1 amide bonds. The summed E-state index contributed by atoms with van der Waals surface area (Å²) in [6.07, 6.45) is 3.00. The van der Waals surface area contributed by atoms with E-state index in [4.69, 9.17) is 5.11 Å². The second-order valence-corrected chi connectivity index (χ2v) is 5.33. The summed E-state index contributed by atoms with van der Waals surface area (Å²) in [6, 6.07) is 3.97. The van der Waals surface area contributed by atoms with Gasteiger partial charge in [-0.15, -0.1) is 0 Å². The molecule has 1 aromatic rings. The predicted molar refractivity (Wildman–Crippen MR) is 80.8 cm³/mol. The van der Waals surface area contributed by atoms with E-state index in [-0.39, 0.29) is 12.5 Å². The van der Waals surface area contributed by atoms with E-state index in [9.17, 15) is 4.79 Å². The first-order valence-electron chi connectivity index (χ1n) is 7.14. The average Bonchev–Trinajstić information content (AvgIpc) is 2.97. The van der Waals surface area contributed by atoms with Gasteiger partial charge >= 0.3 is 0 Å². The van der Waals surface area contributed by atoms with Crippen LogP contribution < -0.4 is 0 Å². The summed E-state index contributed by atoms with van der Waals surface area (Å²) in [5.41, 5.74) is 1.03. The summed E-state index contributed by atoms with van der Waals surface area (Å²) in [4.78, 5) is 20.8. The maximum atomic E-state index is 12.6. The van der Waals surface area contributed by atoms with Gasteiger partial charge in [-0.3, -0.25) is 4.79 Å². The summed E-state index contributed by atoms with van der Waals surface area (Å²) < 4.78 is 0. The molecular weight excluding hydrogens is 266 g/mol. The van der Waals surface area contributed by atoms with Gasteiger partial charge in [0.1, 0.15) is 5.69 Å². The summed E-state index contributed by atoms with van der Waals surface area (Å²) in [7, 11) is 4.07. The topological polar surface area (TPSA) is 56.7 Å². The number of aromatic nitrogens is 1. The summed E-state index contributed by atoms with van der Waals surface area (Å²) in [5, 5.41) is 8.78. The van der Waals surface area contributed by atoms with E-state index < -0.39 is 0 Å². The van der Waals surface area contributed by atoms with Crippen LogP contribution in [0.1, 0.15) is 28.9 Å². The molecule has 0 radical (unpaired) electrons. The molecule has 5 nitrogen and oxygen atoms in total. The summed E-state index contributed by atoms with van der Waals surface area (Å²) in [5.74, 6) is 5.71. The molecule has 0 aliphatic carbocycles. The summed E-state index contributed by atoms with van der Waals surface area (Å²) in [6.45, 7) is 1.50. The highest BCUT2D eigenvalue weighted by Crippen LogP contribution is 2.17. The van der Waals surface area contributed by atoms with Crippen LogP contribution in [-0.4, -0.2) is 65.6 Å². The van der Waals surface area contributed by atoms with E-state index in [1.807, 2.05) is 19.0 Å². The molecule has 0 saturated carbocycles. The van der Waals surface area contributed by atoms with Crippen LogP contribution in [-0.2, 0) is 0 Å². The van der Waals surface area contributed by atoms with Crippen molar-refractivity contribution < 1.29 is 9.90 Å². The fourth-order valence-corrected chi connectivity index (χ4v) is 2.39. The Morgan fingerprint density at radius 2 is 2.38 bits per heavy atom. The molecule has 1 atom stereocenters. The molecule has 1 saturated heterocycles. The van der Waals surface area contributed by atoms with E-state index >= 15 is 0 Å². The Bertz CT molecular complexity index is 560. The molecule has 21 heavy (non-hydrogen) atoms. The third kappa shape index (κ3) is 3.81. The third-order valence-electron chi connectivity index (χ3n) is 3.65. The number of hydrogen-bond acceptors (Lipinski definition) is 4. The number of carbonyl (C=O) groups excluding carboxylic acids is 1. The number of nitrogens with zero attached hydrogens (tertiary/aromatic N) is 3. The van der Waals surface area contributed by atoms with Gasteiger partial charge in [0.05, 0.1) is 12.2 Å². The first kappa shape index (κ1) is 15.5. The zero-order chi connectivity index (χ0) is 15.2. The second kappa shape index (κ2) is 7.21. The van der Waals surface area contributed by atoms with Crippen LogP contribution in [0.3, 0.4) is 0 Å². The molecule has 5 heteroatoms. The highest BCUT2D eigenvalue weighted by molar-refractivity contribution is 5.95. The van der Waals surface area contributed by atoms with Gasteiger partial charge < -0.3 is 14.9 Å². The summed E-state index contributed by atoms with van der Waals surface area (Å²) >= 11 is 0. The van der Waals surface area contributed by atoms with Gasteiger partial charge in [0, 0.05) is 31.7 Å². The number of aliphatic hydroxyl groups excluding tert-OH is 1. The van der Waals surface area contributed by atoms with Crippen LogP contribution in [0.2, 0.25) is 0 Å². The van der Waals surface area contributed by atoms with Crippen LogP contribution in [0.15, 0.2) is 18.3 Å². The molecule has 0 aromatic carbocycles. The molecule has 1 unspecified atom stereocenters. The number of amides is 1. The number of rotatable bonds is 3. The highest BCUT2D eigenvalue weighted by Gasteiger charge is 2.29. The maximum Gasteiger partial charge on any atom is 0.273 e. The lowest BCUT2D eigenvalue weighted by Crippen LogP contribution is -2.35. The Balaban J connectivity index is 2.15. The van der Waals surface area contributed by atoms with Crippen LogP contribution in [0, 0.1) is 11.8 Å². The Labute approximate surface area is 125 Å². The number of carbonyl (C=O) groups is 1. The molecule has 1 fully saturated rings. The largest absolute Gasteiger partial charge is 0.395 e. The van der Waals surface area contributed by atoms with Crippen LogP contribution in [0.5, 0.6) is 0 Å². The fraction of sp³-hybridized carbons (Fsp3) is 0.500. The van der Waals surface area contributed by atoms with Crippen molar-refractivity contribution in [2.45, 2.75) is 18.9 Å². The second-order valence-electron chi connectivity index (χ2n) is 5.33. The Morgan fingerprint density at radius 3 is 3.05 bits per heavy atom. The van der Waals surface area contributed by atoms with Crippen molar-refractivity contribution in [1.82, 2.24) is 14.8 Å². The lowest BCUT2D eigenvalue weighted by Gasteiger charge is -2.20. The normalized spacial score (nSPS) is 17.7. The smallest absolute Gasteiger partial charge is 0.273 e. The number of aliphatic hydroxyl groups is 1. The SMILES string of the molecule is CN(C)C1CCN(C(=O)c2ncccc2C#CCCO)C1. The van der Waals surface area contributed by atoms with Crippen molar-refractivity contribution in [1.29, 1.82) is 0 Å². The van der Waals surface area contributed by atoms with E-state index in [1.54, 1.807) is 18.3 Å². The standard InChI is InChI=1S/C16H21N3O2/c1-18(2)14-8-10-19(12-14)16(21)15-13(6-3-4-11-20)7-5-9-17-15/h5,7,9,14,20H,4,8,10-12H2,1-2H3. The molecule has 1 aromatic heterocycles. The monoisotopic (exact) mass is 287 g/mol. The fourth-order valence-electron chi connectivity index (χ4n) is 2.39. The van der Waals surface area contributed by atoms with E-state index in [0.717, 1.165) is 19.5 Å². The van der Waals surface area contributed by atoms with Gasteiger partial charge in [-0.1, -0.05) is 11.8 Å². The molecule has 112 valence electrons. The molecule has 2 rings (SSSR count). The molecule has 1 N–H and O–H groups in total. The zero-order valence-corrected chi connectivity index (χ0v) is 12.5. The Morgan fingerprint density at radius 1 is 1.57 bits per heavy atom. The Kier molecular flexibility index (Phi) is 5.32. The van der Waals surface area contributed by atoms with E-state index in [1.165, 1.54) is 0 Å². The van der Waals surface area contributed by atoms with Crippen molar-refractivity contribution in [2.75, 3.05) is 33.8 Å². The lowest BCUT2D eigenvalue weighted by molar-refractivity contribution is 0.0777. The van der Waals surface area contributed by atoms with Crippen molar-refractivity contribution >= 4 is 5.91 Å². The van der Waals surface area contributed by atoms with Crippen LogP contribution in [0.25, 0.3) is 0 Å². The number of likely N-dealkylation sites (tertiary alicyclic amines) is 1. The van der Waals surface area contributed by atoms with Crippen LogP contribution >= 0.6 is 0 Å². The molecule has 0 bridgehead atoms. The van der Waals surface area contributed by atoms with Gasteiger partial charge in [-0.2, -0.15) is 0 Å². The molecule has 2 heterocycles. The van der Waals surface area contributed by atoms with Crippen molar-refractivity contribution in [3.05, 3.63) is 29.6 Å². The van der Waals surface area contributed by atoms with E-state index in [2.05, 4.69) is 21.7 Å². The molecule has 1 aliphatic heterocycles. The predicted octanol–water partition coefficient (Wildman–Crippen LogP) is 0.592. The first-order valence-corrected chi connectivity index (χ1v) is 7.14. The Hall–Kier alpha value is -1.90. The van der Waals surface area contributed by atoms with Crippen molar-refractivity contribution in [3.8, 4) is 11.8 Å². The minimum absolute atomic E-state index is 0.0210. The van der Waals surface area contributed by atoms with Gasteiger partial charge in [0.25, 0.3) is 5.91 Å². The zero-order valence-electron chi connectivity index (χ0n) is 12.5. The molecular formula is C16H21N3O2. The molecule has 0 spiro atoms. The van der Waals surface area contributed by atoms with Crippen molar-refractivity contribution in [2.24, 2.45) is 0 Å². The third-order valence-corrected chi connectivity index (χ3v) is 3.65. The van der Waals surface area contributed by atoms with Crippen molar-refractivity contribution in [3.63, 3.8) is 0 Å². The average molecular weight is 287 g/mol. The van der Waals surface area contributed by atoms with Crippen LogP contribution in [0.4, 0.5) is 0 Å². The van der Waals surface area contributed by atoms with Gasteiger partial charge in [0.2, 0.25) is 0 Å².